The molecule has 1 aliphatic rings. The van der Waals surface area contributed by atoms with Crippen molar-refractivity contribution in [3.63, 3.8) is 0 Å². The molecule has 0 radical (unpaired) electrons. The normalized spacial score (nSPS) is 22.0. The first-order valence-corrected chi connectivity index (χ1v) is 7.06. The molecule has 0 amide bonds. The third-order valence-corrected chi connectivity index (χ3v) is 4.23. The van der Waals surface area contributed by atoms with Crippen molar-refractivity contribution in [3.05, 3.63) is 70.8 Å². The molecule has 2 aromatic rings. The highest BCUT2D eigenvalue weighted by Crippen LogP contribution is 2.29. The molecule has 0 bridgehead atoms. The van der Waals surface area contributed by atoms with Crippen LogP contribution in [0, 0.1) is 6.92 Å². The summed E-state index contributed by atoms with van der Waals surface area (Å²) < 4.78 is 0. The fraction of sp³-hybridized carbons (Fsp3) is 0.333. The van der Waals surface area contributed by atoms with E-state index in [0.717, 1.165) is 25.7 Å². The van der Waals surface area contributed by atoms with Crippen LogP contribution in [0.25, 0.3) is 0 Å². The molecule has 0 saturated carbocycles. The summed E-state index contributed by atoms with van der Waals surface area (Å²) >= 11 is 0. The standard InChI is InChI=1S/C18H21N/c1-14-6-8-15(9-7-14)12-18(19)11-10-16-4-2-3-5-17(16)13-18/h2-9H,10-13,19H2,1H3. The SMILES string of the molecule is Cc1ccc(CC2(N)CCc3ccccc3C2)cc1. The lowest BCUT2D eigenvalue weighted by Gasteiger charge is -2.35. The fourth-order valence-electron chi connectivity index (χ4n) is 3.09. The minimum Gasteiger partial charge on any atom is -0.324 e. The fourth-order valence-corrected chi connectivity index (χ4v) is 3.09. The van der Waals surface area contributed by atoms with Crippen molar-refractivity contribution in [1.29, 1.82) is 0 Å². The molecule has 1 heteroatoms. The van der Waals surface area contributed by atoms with Crippen molar-refractivity contribution in [2.75, 3.05) is 0 Å². The van der Waals surface area contributed by atoms with Crippen molar-refractivity contribution in [3.8, 4) is 0 Å². The minimum atomic E-state index is -0.0798. The topological polar surface area (TPSA) is 26.0 Å². The van der Waals surface area contributed by atoms with E-state index in [1.807, 2.05) is 0 Å². The van der Waals surface area contributed by atoms with Crippen LogP contribution in [-0.4, -0.2) is 5.54 Å². The highest BCUT2D eigenvalue weighted by atomic mass is 14.7. The largest absolute Gasteiger partial charge is 0.324 e. The first-order valence-electron chi connectivity index (χ1n) is 7.06. The second kappa shape index (κ2) is 4.82. The molecule has 0 heterocycles. The van der Waals surface area contributed by atoms with Crippen LogP contribution in [0.1, 0.15) is 28.7 Å². The van der Waals surface area contributed by atoms with Crippen LogP contribution in [0.5, 0.6) is 0 Å². The van der Waals surface area contributed by atoms with Crippen molar-refractivity contribution in [2.24, 2.45) is 5.73 Å². The maximum atomic E-state index is 6.64. The molecular weight excluding hydrogens is 230 g/mol. The summed E-state index contributed by atoms with van der Waals surface area (Å²) in [6, 6.07) is 17.5. The molecule has 98 valence electrons. The van der Waals surface area contributed by atoms with E-state index < -0.39 is 0 Å². The predicted octanol–water partition coefficient (Wildman–Crippen LogP) is 3.42. The van der Waals surface area contributed by atoms with E-state index in [9.17, 15) is 0 Å². The summed E-state index contributed by atoms with van der Waals surface area (Å²) in [5.41, 5.74) is 12.1. The average molecular weight is 251 g/mol. The lowest BCUT2D eigenvalue weighted by atomic mass is 9.75. The van der Waals surface area contributed by atoms with Crippen LogP contribution in [-0.2, 0) is 19.3 Å². The molecule has 2 aromatic carbocycles. The van der Waals surface area contributed by atoms with Gasteiger partial charge in [0.05, 0.1) is 0 Å². The molecule has 19 heavy (non-hydrogen) atoms. The van der Waals surface area contributed by atoms with E-state index >= 15 is 0 Å². The summed E-state index contributed by atoms with van der Waals surface area (Å²) in [5, 5.41) is 0. The van der Waals surface area contributed by atoms with Gasteiger partial charge in [0.25, 0.3) is 0 Å². The number of aryl methyl sites for hydroxylation is 2. The molecule has 0 aromatic heterocycles. The van der Waals surface area contributed by atoms with Gasteiger partial charge in [0.15, 0.2) is 0 Å². The van der Waals surface area contributed by atoms with E-state index in [1.54, 1.807) is 0 Å². The van der Waals surface area contributed by atoms with Crippen molar-refractivity contribution < 1.29 is 0 Å². The molecular formula is C18H21N. The van der Waals surface area contributed by atoms with Gasteiger partial charge in [-0.2, -0.15) is 0 Å². The summed E-state index contributed by atoms with van der Waals surface area (Å²) in [6.45, 7) is 2.12. The summed E-state index contributed by atoms with van der Waals surface area (Å²) in [5.74, 6) is 0. The Hall–Kier alpha value is -1.60. The van der Waals surface area contributed by atoms with E-state index in [-0.39, 0.29) is 5.54 Å². The quantitative estimate of drug-likeness (QED) is 0.869. The molecule has 2 N–H and O–H groups in total. The second-order valence-corrected chi connectivity index (χ2v) is 5.97. The van der Waals surface area contributed by atoms with Crippen molar-refractivity contribution in [2.45, 2.75) is 38.1 Å². The highest BCUT2D eigenvalue weighted by molar-refractivity contribution is 5.33. The van der Waals surface area contributed by atoms with Gasteiger partial charge in [-0.25, -0.2) is 0 Å². The van der Waals surface area contributed by atoms with Crippen molar-refractivity contribution >= 4 is 0 Å². The lowest BCUT2D eigenvalue weighted by molar-refractivity contribution is 0.369. The molecule has 3 rings (SSSR count). The zero-order valence-corrected chi connectivity index (χ0v) is 11.5. The maximum absolute atomic E-state index is 6.64. The highest BCUT2D eigenvalue weighted by Gasteiger charge is 2.30. The summed E-state index contributed by atoms with van der Waals surface area (Å²) in [4.78, 5) is 0. The minimum absolute atomic E-state index is 0.0798. The number of hydrogen-bond acceptors (Lipinski definition) is 1. The molecule has 1 atom stereocenters. The summed E-state index contributed by atoms with van der Waals surface area (Å²) in [6.07, 6.45) is 4.16. The van der Waals surface area contributed by atoms with Crippen LogP contribution in [0.15, 0.2) is 48.5 Å². The van der Waals surface area contributed by atoms with Gasteiger partial charge in [0.1, 0.15) is 0 Å². The van der Waals surface area contributed by atoms with Crippen LogP contribution in [0.4, 0.5) is 0 Å². The van der Waals surface area contributed by atoms with Gasteiger partial charge in [-0.05, 0) is 49.3 Å². The van der Waals surface area contributed by atoms with Crippen molar-refractivity contribution in [1.82, 2.24) is 0 Å². The Kier molecular flexibility index (Phi) is 3.16. The summed E-state index contributed by atoms with van der Waals surface area (Å²) in [7, 11) is 0. The van der Waals surface area contributed by atoms with Crippen LogP contribution >= 0.6 is 0 Å². The van der Waals surface area contributed by atoms with E-state index in [0.29, 0.717) is 0 Å². The van der Waals surface area contributed by atoms with Crippen LogP contribution in [0.3, 0.4) is 0 Å². The Balaban J connectivity index is 1.80. The Bertz CT molecular complexity index is 570. The molecule has 1 nitrogen and oxygen atoms in total. The molecule has 1 unspecified atom stereocenters. The number of nitrogens with two attached hydrogens (primary N) is 1. The first-order chi connectivity index (χ1) is 9.15. The van der Waals surface area contributed by atoms with Gasteiger partial charge in [-0.15, -0.1) is 0 Å². The molecule has 0 saturated heterocycles. The van der Waals surface area contributed by atoms with Gasteiger partial charge in [-0.1, -0.05) is 54.1 Å². The van der Waals surface area contributed by atoms with Gasteiger partial charge in [0, 0.05) is 5.54 Å². The first kappa shape index (κ1) is 12.4. The van der Waals surface area contributed by atoms with Gasteiger partial charge < -0.3 is 5.73 Å². The number of hydrogen-bond donors (Lipinski definition) is 1. The Morgan fingerprint density at radius 3 is 2.42 bits per heavy atom. The molecule has 0 aliphatic heterocycles. The smallest absolute Gasteiger partial charge is 0.0239 e. The average Bonchev–Trinajstić information content (AvgIpc) is 2.41. The zero-order chi connectivity index (χ0) is 13.3. The maximum Gasteiger partial charge on any atom is 0.0239 e. The van der Waals surface area contributed by atoms with E-state index in [1.165, 1.54) is 22.3 Å². The van der Waals surface area contributed by atoms with E-state index in [4.69, 9.17) is 5.73 Å². The van der Waals surface area contributed by atoms with Gasteiger partial charge in [0.2, 0.25) is 0 Å². The van der Waals surface area contributed by atoms with Gasteiger partial charge >= 0.3 is 0 Å². The molecule has 1 aliphatic carbocycles. The third kappa shape index (κ3) is 2.71. The predicted molar refractivity (Wildman–Crippen MR) is 80.3 cm³/mol. The monoisotopic (exact) mass is 251 g/mol. The molecule has 0 spiro atoms. The Labute approximate surface area is 115 Å². The van der Waals surface area contributed by atoms with Crippen LogP contribution < -0.4 is 5.73 Å². The Morgan fingerprint density at radius 1 is 1.00 bits per heavy atom. The van der Waals surface area contributed by atoms with E-state index in [2.05, 4.69) is 55.5 Å². The molecule has 0 fully saturated rings. The Morgan fingerprint density at radius 2 is 1.68 bits per heavy atom. The van der Waals surface area contributed by atoms with Gasteiger partial charge in [-0.3, -0.25) is 0 Å². The van der Waals surface area contributed by atoms with Crippen LogP contribution in [0.2, 0.25) is 0 Å². The lowest BCUT2D eigenvalue weighted by Crippen LogP contribution is -2.47. The third-order valence-electron chi connectivity index (χ3n) is 4.23. The number of benzene rings is 2. The number of rotatable bonds is 2. The number of fused-ring (bicyclic) bond motifs is 1. The second-order valence-electron chi connectivity index (χ2n) is 5.97. The zero-order valence-electron chi connectivity index (χ0n) is 11.5.